The van der Waals surface area contributed by atoms with Gasteiger partial charge in [-0.1, -0.05) is 0 Å². The van der Waals surface area contributed by atoms with Gasteiger partial charge in [0.25, 0.3) is 0 Å². The molecule has 2 aromatic heterocycles. The Morgan fingerprint density at radius 2 is 2.04 bits per heavy atom. The highest BCUT2D eigenvalue weighted by Crippen LogP contribution is 2.42. The van der Waals surface area contributed by atoms with Gasteiger partial charge in [-0.15, -0.1) is 0 Å². The fourth-order valence-electron chi connectivity index (χ4n) is 3.50. The van der Waals surface area contributed by atoms with Crippen LogP contribution in [-0.4, -0.2) is 17.2 Å². The number of aromatic nitrogens is 1. The second kappa shape index (κ2) is 5.65. The first-order chi connectivity index (χ1) is 12.5. The quantitative estimate of drug-likeness (QED) is 0.577. The summed E-state index contributed by atoms with van der Waals surface area (Å²) in [6, 6.07) is 12.9. The number of nitrogens with zero attached hydrogens (tertiary/aromatic N) is 1. The average molecular weight is 346 g/mol. The Morgan fingerprint density at radius 1 is 1.23 bits per heavy atom. The third kappa shape index (κ3) is 2.27. The zero-order valence-electron chi connectivity index (χ0n) is 14.8. The maximum Gasteiger partial charge on any atom is 0.148 e. The van der Waals surface area contributed by atoms with Crippen molar-refractivity contribution in [2.45, 2.75) is 19.4 Å². The van der Waals surface area contributed by atoms with Crippen molar-refractivity contribution in [1.29, 1.82) is 5.26 Å². The van der Waals surface area contributed by atoms with E-state index in [4.69, 9.17) is 14.4 Å². The van der Waals surface area contributed by atoms with Crippen LogP contribution in [0, 0.1) is 18.3 Å². The Balaban J connectivity index is 1.97. The molecule has 0 aliphatic heterocycles. The lowest BCUT2D eigenvalue weighted by Gasteiger charge is -2.25. The molecule has 0 fully saturated rings. The molecule has 1 atom stereocenters. The van der Waals surface area contributed by atoms with Gasteiger partial charge in [-0.25, -0.2) is 0 Å². The SMILES string of the molecule is COc1cc(C)c2[nH]ccc2c1C(C)(O)c1cc2ccc(C#N)cc2o1. The molecular weight excluding hydrogens is 328 g/mol. The summed E-state index contributed by atoms with van der Waals surface area (Å²) in [5.41, 5.74) is 2.29. The number of rotatable bonds is 3. The molecule has 2 aromatic carbocycles. The van der Waals surface area contributed by atoms with E-state index in [1.807, 2.05) is 31.3 Å². The molecule has 0 aliphatic rings. The largest absolute Gasteiger partial charge is 0.496 e. The van der Waals surface area contributed by atoms with Gasteiger partial charge in [-0.3, -0.25) is 0 Å². The van der Waals surface area contributed by atoms with Crippen LogP contribution in [-0.2, 0) is 5.60 Å². The first-order valence-corrected chi connectivity index (χ1v) is 8.27. The number of aromatic amines is 1. The number of hydrogen-bond donors (Lipinski definition) is 2. The highest BCUT2D eigenvalue weighted by atomic mass is 16.5. The third-order valence-corrected chi connectivity index (χ3v) is 4.84. The molecule has 26 heavy (non-hydrogen) atoms. The summed E-state index contributed by atoms with van der Waals surface area (Å²) in [6.07, 6.45) is 1.84. The molecule has 0 radical (unpaired) electrons. The van der Waals surface area contributed by atoms with E-state index in [-0.39, 0.29) is 0 Å². The van der Waals surface area contributed by atoms with Crippen LogP contribution in [0.3, 0.4) is 0 Å². The van der Waals surface area contributed by atoms with Crippen molar-refractivity contribution in [3.63, 3.8) is 0 Å². The summed E-state index contributed by atoms with van der Waals surface area (Å²) in [5.74, 6) is 0.991. The number of H-pyrrole nitrogens is 1. The summed E-state index contributed by atoms with van der Waals surface area (Å²) in [4.78, 5) is 3.21. The molecule has 0 saturated carbocycles. The number of nitriles is 1. The van der Waals surface area contributed by atoms with Crippen molar-refractivity contribution in [3.8, 4) is 11.8 Å². The normalized spacial score (nSPS) is 13.7. The minimum absolute atomic E-state index is 0.396. The maximum atomic E-state index is 11.5. The molecule has 1 unspecified atom stereocenters. The number of fused-ring (bicyclic) bond motifs is 2. The van der Waals surface area contributed by atoms with Crippen LogP contribution in [0.5, 0.6) is 5.75 Å². The van der Waals surface area contributed by atoms with E-state index in [2.05, 4.69) is 11.1 Å². The Kier molecular flexibility index (Phi) is 3.53. The molecule has 0 aliphatic carbocycles. The van der Waals surface area contributed by atoms with Crippen molar-refractivity contribution in [2.24, 2.45) is 0 Å². The molecule has 0 spiro atoms. The zero-order chi connectivity index (χ0) is 18.5. The number of ether oxygens (including phenoxy) is 1. The van der Waals surface area contributed by atoms with Gasteiger partial charge in [-0.05, 0) is 55.8 Å². The van der Waals surface area contributed by atoms with Crippen molar-refractivity contribution >= 4 is 21.9 Å². The van der Waals surface area contributed by atoms with Crippen LogP contribution in [0.1, 0.15) is 29.4 Å². The molecule has 0 amide bonds. The molecule has 2 N–H and O–H groups in total. The lowest BCUT2D eigenvalue weighted by atomic mass is 9.88. The van der Waals surface area contributed by atoms with Crippen LogP contribution >= 0.6 is 0 Å². The van der Waals surface area contributed by atoms with Crippen LogP contribution in [0.25, 0.3) is 21.9 Å². The Morgan fingerprint density at radius 3 is 2.77 bits per heavy atom. The molecule has 4 aromatic rings. The number of hydrogen-bond acceptors (Lipinski definition) is 4. The van der Waals surface area contributed by atoms with Gasteiger partial charge in [0, 0.05) is 28.0 Å². The minimum atomic E-state index is -1.41. The standard InChI is InChI=1S/C21H18N2O3/c1-12-8-17(25-3)19(15-6-7-23-20(12)15)21(2,24)18-10-14-5-4-13(11-22)9-16(14)26-18/h4-10,23-24H,1-3H3. The first kappa shape index (κ1) is 16.2. The molecule has 5 nitrogen and oxygen atoms in total. The van der Waals surface area contributed by atoms with Crippen LogP contribution in [0.2, 0.25) is 0 Å². The molecule has 0 bridgehead atoms. The predicted molar refractivity (Wildman–Crippen MR) is 99.2 cm³/mol. The fraction of sp³-hybridized carbons (Fsp3) is 0.190. The van der Waals surface area contributed by atoms with Gasteiger partial charge >= 0.3 is 0 Å². The van der Waals surface area contributed by atoms with Crippen LogP contribution < -0.4 is 4.74 Å². The molecule has 5 heteroatoms. The van der Waals surface area contributed by atoms with Crippen molar-refractivity contribution in [1.82, 2.24) is 4.98 Å². The summed E-state index contributed by atoms with van der Waals surface area (Å²) < 4.78 is 11.5. The maximum absolute atomic E-state index is 11.5. The number of methoxy groups -OCH3 is 1. The van der Waals surface area contributed by atoms with Crippen molar-refractivity contribution in [3.05, 3.63) is 65.0 Å². The number of furan rings is 1. The second-order valence-electron chi connectivity index (χ2n) is 6.58. The molecular formula is C21H18N2O3. The van der Waals surface area contributed by atoms with Crippen molar-refractivity contribution < 1.29 is 14.3 Å². The monoisotopic (exact) mass is 346 g/mol. The highest BCUT2D eigenvalue weighted by Gasteiger charge is 2.35. The number of aliphatic hydroxyl groups is 1. The second-order valence-corrected chi connectivity index (χ2v) is 6.58. The van der Waals surface area contributed by atoms with E-state index in [0.717, 1.165) is 21.9 Å². The van der Waals surface area contributed by atoms with E-state index < -0.39 is 5.60 Å². The average Bonchev–Trinajstić information content (AvgIpc) is 3.27. The van der Waals surface area contributed by atoms with Crippen LogP contribution in [0.15, 0.2) is 47.0 Å². The highest BCUT2D eigenvalue weighted by molar-refractivity contribution is 5.90. The van der Waals surface area contributed by atoms with Crippen molar-refractivity contribution in [2.75, 3.05) is 7.11 Å². The molecule has 4 rings (SSSR count). The topological polar surface area (TPSA) is 82.2 Å². The zero-order valence-corrected chi connectivity index (χ0v) is 14.8. The van der Waals surface area contributed by atoms with Gasteiger partial charge in [0.15, 0.2) is 0 Å². The lowest BCUT2D eigenvalue weighted by molar-refractivity contribution is 0.0774. The first-order valence-electron chi connectivity index (χ1n) is 8.27. The van der Waals surface area contributed by atoms with Crippen LogP contribution in [0.4, 0.5) is 0 Å². The van der Waals surface area contributed by atoms with Gasteiger partial charge in [0.1, 0.15) is 22.7 Å². The summed E-state index contributed by atoms with van der Waals surface area (Å²) in [7, 11) is 1.59. The fourth-order valence-corrected chi connectivity index (χ4v) is 3.50. The summed E-state index contributed by atoms with van der Waals surface area (Å²) >= 11 is 0. The van der Waals surface area contributed by atoms with Gasteiger partial charge in [0.2, 0.25) is 0 Å². The molecule has 0 saturated heterocycles. The number of aryl methyl sites for hydroxylation is 1. The molecule has 130 valence electrons. The Labute approximate surface area is 150 Å². The lowest BCUT2D eigenvalue weighted by Crippen LogP contribution is -2.23. The van der Waals surface area contributed by atoms with E-state index >= 15 is 0 Å². The van der Waals surface area contributed by atoms with Gasteiger partial charge in [-0.2, -0.15) is 5.26 Å². The van der Waals surface area contributed by atoms with E-state index in [1.54, 1.807) is 32.2 Å². The summed E-state index contributed by atoms with van der Waals surface area (Å²) in [6.45, 7) is 3.68. The number of benzene rings is 2. The van der Waals surface area contributed by atoms with Gasteiger partial charge < -0.3 is 19.2 Å². The van der Waals surface area contributed by atoms with Gasteiger partial charge in [0.05, 0.1) is 18.7 Å². The Bertz CT molecular complexity index is 1180. The summed E-state index contributed by atoms with van der Waals surface area (Å²) in [5, 5.41) is 22.2. The van der Waals surface area contributed by atoms with E-state index in [1.165, 1.54) is 0 Å². The minimum Gasteiger partial charge on any atom is -0.496 e. The van der Waals surface area contributed by atoms with E-state index in [9.17, 15) is 5.11 Å². The Hall–Kier alpha value is -3.23. The predicted octanol–water partition coefficient (Wildman–Crippen LogP) is 4.36. The number of nitrogens with one attached hydrogen (secondary N) is 1. The van der Waals surface area contributed by atoms with E-state index in [0.29, 0.717) is 28.2 Å². The smallest absolute Gasteiger partial charge is 0.148 e. The third-order valence-electron chi connectivity index (χ3n) is 4.84. The molecule has 2 heterocycles.